The predicted octanol–water partition coefficient (Wildman–Crippen LogP) is 4.18. The number of nitrogens with zero attached hydrogens (tertiary/aromatic N) is 4. The highest BCUT2D eigenvalue weighted by molar-refractivity contribution is 9.10. The quantitative estimate of drug-likeness (QED) is 0.139. The van der Waals surface area contributed by atoms with E-state index in [2.05, 4.69) is 25.9 Å². The van der Waals surface area contributed by atoms with Gasteiger partial charge in [-0.25, -0.2) is 0 Å². The van der Waals surface area contributed by atoms with Crippen LogP contribution in [0.4, 0.5) is 11.4 Å². The fourth-order valence-corrected chi connectivity index (χ4v) is 3.14. The van der Waals surface area contributed by atoms with Crippen LogP contribution in [0.1, 0.15) is 34.8 Å². The summed E-state index contributed by atoms with van der Waals surface area (Å²) in [5, 5.41) is 38.0. The fraction of sp³-hybridized carbons (Fsp3) is 0.0769. The Hall–Kier alpha value is -4.66. The maximum absolute atomic E-state index is 11.1. The molecule has 14 heteroatoms. The van der Waals surface area contributed by atoms with E-state index in [1.165, 1.54) is 50.2 Å². The fourth-order valence-electron chi connectivity index (χ4n) is 2.90. The minimum absolute atomic E-state index is 0.00694. The normalized spacial score (nSPS) is 9.72. The van der Waals surface area contributed by atoms with E-state index in [1.807, 2.05) is 0 Å². The first-order valence-corrected chi connectivity index (χ1v) is 12.1. The third-order valence-electron chi connectivity index (χ3n) is 5.03. The first-order valence-electron chi connectivity index (χ1n) is 11.3. The second-order valence-corrected chi connectivity index (χ2v) is 8.85. The number of Topliss-reactive ketones (excluding diaryl/α,β-unsaturated/α-hetero) is 2. The van der Waals surface area contributed by atoms with E-state index < -0.39 is 17.0 Å². The Kier molecular flexibility index (Phi) is 11.9. The van der Waals surface area contributed by atoms with Crippen LogP contribution in [0.2, 0.25) is 0 Å². The van der Waals surface area contributed by atoms with E-state index in [4.69, 9.17) is 10.0 Å². The number of non-ortho nitro benzene ring substituents is 2. The SMILES string of the molecule is CC(=O)c1ccc(-c2ccc([N+](=O)[O-])cc2)cn1.CC(=O)c1ccc(Br)cn1.O=[N+]([O-])c1ccc(B(O)O)cc1. The van der Waals surface area contributed by atoms with Gasteiger partial charge in [0.25, 0.3) is 11.4 Å². The maximum atomic E-state index is 11.1. The average molecular weight is 609 g/mol. The molecule has 0 atom stereocenters. The van der Waals surface area contributed by atoms with Gasteiger partial charge in [0.1, 0.15) is 11.4 Å². The van der Waals surface area contributed by atoms with Crippen molar-refractivity contribution in [2.45, 2.75) is 13.8 Å². The topological polar surface area (TPSA) is 187 Å². The number of aromatic nitrogens is 2. The minimum Gasteiger partial charge on any atom is -0.423 e. The van der Waals surface area contributed by atoms with Gasteiger partial charge in [0.05, 0.1) is 9.85 Å². The summed E-state index contributed by atoms with van der Waals surface area (Å²) in [5.74, 6) is -0.0993. The molecule has 0 radical (unpaired) electrons. The van der Waals surface area contributed by atoms with Gasteiger partial charge in [-0.2, -0.15) is 0 Å². The number of halogens is 1. The Morgan fingerprint density at radius 2 is 1.12 bits per heavy atom. The lowest BCUT2D eigenvalue weighted by molar-refractivity contribution is -0.385. The molecule has 2 aromatic heterocycles. The molecule has 12 nitrogen and oxygen atoms in total. The van der Waals surface area contributed by atoms with Crippen LogP contribution < -0.4 is 5.46 Å². The highest BCUT2D eigenvalue weighted by Crippen LogP contribution is 2.21. The molecular weight excluding hydrogens is 587 g/mol. The summed E-state index contributed by atoms with van der Waals surface area (Å²) in [6, 6.07) is 18.1. The van der Waals surface area contributed by atoms with Crippen molar-refractivity contribution in [3.63, 3.8) is 0 Å². The molecule has 2 N–H and O–H groups in total. The van der Waals surface area contributed by atoms with Crippen molar-refractivity contribution >= 4 is 51.5 Å². The summed E-state index contributed by atoms with van der Waals surface area (Å²) >= 11 is 3.22. The van der Waals surface area contributed by atoms with Crippen molar-refractivity contribution in [2.24, 2.45) is 0 Å². The largest absolute Gasteiger partial charge is 0.488 e. The molecule has 0 fully saturated rings. The molecular formula is C26H22BBrN4O8. The van der Waals surface area contributed by atoms with E-state index in [0.717, 1.165) is 15.6 Å². The number of rotatable bonds is 6. The number of nitro benzene ring substituents is 2. The van der Waals surface area contributed by atoms with Gasteiger partial charge >= 0.3 is 7.12 Å². The number of hydrogen-bond acceptors (Lipinski definition) is 10. The number of pyridine rings is 2. The standard InChI is InChI=1S/C13H10N2O3.C7H6BrNO.C6H6BNO4/c1-9(16)13-7-4-11(8-14-13)10-2-5-12(6-3-10)15(17)18;1-5(10)7-3-2-6(8)4-9-7;9-7(10)5-1-3-6(4-2-5)8(11)12/h2-8H,1H3;2-4H,1H3;1-4,9-10H. The van der Waals surface area contributed by atoms with E-state index in [1.54, 1.807) is 48.8 Å². The zero-order valence-electron chi connectivity index (χ0n) is 21.2. The summed E-state index contributed by atoms with van der Waals surface area (Å²) in [7, 11) is -1.58. The molecule has 4 rings (SSSR count). The molecule has 4 aromatic rings. The molecule has 204 valence electrons. The summed E-state index contributed by atoms with van der Waals surface area (Å²) < 4.78 is 0.887. The first-order chi connectivity index (χ1) is 18.9. The summed E-state index contributed by atoms with van der Waals surface area (Å²) in [6.45, 7) is 2.95. The Bertz CT molecular complexity index is 1410. The molecule has 0 aliphatic heterocycles. The van der Waals surface area contributed by atoms with Gasteiger partial charge in [-0.05, 0) is 57.3 Å². The summed E-state index contributed by atoms with van der Waals surface area (Å²) in [4.78, 5) is 49.4. The molecule has 0 amide bonds. The predicted molar refractivity (Wildman–Crippen MR) is 151 cm³/mol. The number of benzene rings is 2. The second-order valence-electron chi connectivity index (χ2n) is 7.93. The molecule has 0 saturated carbocycles. The van der Waals surface area contributed by atoms with Gasteiger partial charge in [0.2, 0.25) is 0 Å². The van der Waals surface area contributed by atoms with Gasteiger partial charge in [-0.15, -0.1) is 0 Å². The number of hydrogen-bond donors (Lipinski definition) is 2. The maximum Gasteiger partial charge on any atom is 0.488 e. The molecule has 0 saturated heterocycles. The Morgan fingerprint density at radius 1 is 0.700 bits per heavy atom. The van der Waals surface area contributed by atoms with Crippen LogP contribution in [0.25, 0.3) is 11.1 Å². The van der Waals surface area contributed by atoms with Crippen molar-refractivity contribution in [1.82, 2.24) is 9.97 Å². The summed E-state index contributed by atoms with van der Waals surface area (Å²) in [5.41, 5.74) is 2.76. The number of carbonyl (C=O) groups is 2. The van der Waals surface area contributed by atoms with Gasteiger partial charge < -0.3 is 10.0 Å². The van der Waals surface area contributed by atoms with E-state index in [0.29, 0.717) is 11.4 Å². The van der Waals surface area contributed by atoms with Crippen molar-refractivity contribution in [3.8, 4) is 11.1 Å². The van der Waals surface area contributed by atoms with Crippen LogP contribution in [0, 0.1) is 20.2 Å². The molecule has 0 aliphatic carbocycles. The highest BCUT2D eigenvalue weighted by Gasteiger charge is 2.12. The number of carbonyl (C=O) groups excluding carboxylic acids is 2. The van der Waals surface area contributed by atoms with E-state index >= 15 is 0 Å². The second kappa shape index (κ2) is 15.1. The van der Waals surface area contributed by atoms with Gasteiger partial charge in [0.15, 0.2) is 11.6 Å². The Morgan fingerprint density at radius 3 is 1.48 bits per heavy atom. The molecule has 0 spiro atoms. The molecule has 2 aromatic carbocycles. The van der Waals surface area contributed by atoms with Crippen LogP contribution in [0.15, 0.2) is 89.7 Å². The van der Waals surface area contributed by atoms with Crippen LogP contribution in [0.5, 0.6) is 0 Å². The van der Waals surface area contributed by atoms with Crippen molar-refractivity contribution in [3.05, 3.63) is 121 Å². The number of nitro groups is 2. The molecule has 2 heterocycles. The molecule has 0 aliphatic rings. The Balaban J connectivity index is 0.000000222. The first kappa shape index (κ1) is 31.6. The van der Waals surface area contributed by atoms with Crippen LogP contribution in [-0.2, 0) is 0 Å². The van der Waals surface area contributed by atoms with Gasteiger partial charge in [-0.1, -0.05) is 18.2 Å². The smallest absolute Gasteiger partial charge is 0.423 e. The van der Waals surface area contributed by atoms with E-state index in [-0.39, 0.29) is 28.4 Å². The zero-order valence-corrected chi connectivity index (χ0v) is 22.8. The van der Waals surface area contributed by atoms with Gasteiger partial charge in [0, 0.05) is 60.5 Å². The van der Waals surface area contributed by atoms with Crippen molar-refractivity contribution in [2.75, 3.05) is 0 Å². The lowest BCUT2D eigenvalue weighted by Crippen LogP contribution is -2.29. The van der Waals surface area contributed by atoms with E-state index in [9.17, 15) is 29.8 Å². The van der Waals surface area contributed by atoms with Crippen molar-refractivity contribution in [1.29, 1.82) is 0 Å². The van der Waals surface area contributed by atoms with Crippen LogP contribution >= 0.6 is 15.9 Å². The Labute approximate surface area is 236 Å². The lowest BCUT2D eigenvalue weighted by Gasteiger charge is -2.01. The monoisotopic (exact) mass is 608 g/mol. The van der Waals surface area contributed by atoms with Crippen LogP contribution in [0.3, 0.4) is 0 Å². The third-order valence-corrected chi connectivity index (χ3v) is 5.49. The van der Waals surface area contributed by atoms with Crippen molar-refractivity contribution < 1.29 is 29.5 Å². The third kappa shape index (κ3) is 9.91. The lowest BCUT2D eigenvalue weighted by atomic mass is 9.80. The zero-order chi connectivity index (χ0) is 29.8. The van der Waals surface area contributed by atoms with Crippen LogP contribution in [-0.4, -0.2) is 48.5 Å². The van der Waals surface area contributed by atoms with Gasteiger partial charge in [-0.3, -0.25) is 39.8 Å². The average Bonchev–Trinajstić information content (AvgIpc) is 2.94. The molecule has 0 unspecified atom stereocenters. The minimum atomic E-state index is -1.58. The molecule has 40 heavy (non-hydrogen) atoms. The molecule has 0 bridgehead atoms. The number of ketones is 2. The summed E-state index contributed by atoms with van der Waals surface area (Å²) in [6.07, 6.45) is 3.19. The highest BCUT2D eigenvalue weighted by atomic mass is 79.9.